The summed E-state index contributed by atoms with van der Waals surface area (Å²) in [7, 11) is 0. The molecule has 2 aromatic carbocycles. The quantitative estimate of drug-likeness (QED) is 0.600. The number of anilines is 1. The number of rotatable bonds is 3. The minimum atomic E-state index is 0.624. The third kappa shape index (κ3) is 2.65. The highest BCUT2D eigenvalue weighted by Crippen LogP contribution is 2.19. The Morgan fingerprint density at radius 1 is 0.750 bits per heavy atom. The van der Waals surface area contributed by atoms with Crippen molar-refractivity contribution in [2.24, 2.45) is 10.2 Å². The number of hydrogen-bond donors (Lipinski definition) is 2. The Balaban J connectivity index is 2.12. The van der Waals surface area contributed by atoms with Crippen LogP contribution in [-0.2, 0) is 0 Å². The van der Waals surface area contributed by atoms with E-state index in [-0.39, 0.29) is 0 Å². The molecular weight excluding hydrogens is 202 g/mol. The molecule has 4 heteroatoms. The second-order valence-electron chi connectivity index (χ2n) is 3.19. The average molecular weight is 213 g/mol. The molecule has 0 aliphatic heterocycles. The Labute approximate surface area is 93.2 Å². The minimum absolute atomic E-state index is 0.624. The topological polar surface area (TPSA) is 57.0 Å². The van der Waals surface area contributed by atoms with Crippen molar-refractivity contribution in [1.29, 1.82) is 0 Å². The number of benzene rings is 2. The zero-order valence-electron chi connectivity index (χ0n) is 8.54. The fourth-order valence-electron chi connectivity index (χ4n) is 1.21. The second kappa shape index (κ2) is 5.04. The van der Waals surface area contributed by atoms with Gasteiger partial charge in [0.05, 0.1) is 17.1 Å². The molecule has 0 aromatic heterocycles. The zero-order valence-corrected chi connectivity index (χ0v) is 8.54. The summed E-state index contributed by atoms with van der Waals surface area (Å²) < 4.78 is 0. The SMILES string of the molecule is ONc1ccc(/N=N/c2ccccc2)cc1. The molecule has 4 nitrogen and oxygen atoms in total. The van der Waals surface area contributed by atoms with Crippen molar-refractivity contribution in [3.8, 4) is 0 Å². The van der Waals surface area contributed by atoms with E-state index in [0.29, 0.717) is 5.69 Å². The molecule has 0 heterocycles. The van der Waals surface area contributed by atoms with Gasteiger partial charge in [0, 0.05) is 0 Å². The molecule has 2 N–H and O–H groups in total. The molecule has 0 atom stereocenters. The van der Waals surface area contributed by atoms with Crippen molar-refractivity contribution < 1.29 is 5.21 Å². The smallest absolute Gasteiger partial charge is 0.0858 e. The van der Waals surface area contributed by atoms with Gasteiger partial charge in [0.2, 0.25) is 0 Å². The van der Waals surface area contributed by atoms with Gasteiger partial charge in [0.1, 0.15) is 0 Å². The maximum absolute atomic E-state index is 8.63. The molecule has 2 rings (SSSR count). The highest BCUT2D eigenvalue weighted by molar-refractivity contribution is 5.49. The van der Waals surface area contributed by atoms with Gasteiger partial charge in [0.25, 0.3) is 0 Å². The van der Waals surface area contributed by atoms with Gasteiger partial charge in [-0.15, -0.1) is 0 Å². The second-order valence-corrected chi connectivity index (χ2v) is 3.19. The zero-order chi connectivity index (χ0) is 11.2. The maximum Gasteiger partial charge on any atom is 0.0858 e. The summed E-state index contributed by atoms with van der Waals surface area (Å²) in [6.07, 6.45) is 0. The lowest BCUT2D eigenvalue weighted by Gasteiger charge is -1.97. The molecule has 0 aliphatic carbocycles. The molecule has 80 valence electrons. The minimum Gasteiger partial charge on any atom is -0.291 e. The van der Waals surface area contributed by atoms with E-state index >= 15 is 0 Å². The molecule has 0 amide bonds. The predicted molar refractivity (Wildman–Crippen MR) is 62.5 cm³/mol. The van der Waals surface area contributed by atoms with Crippen LogP contribution < -0.4 is 5.48 Å². The van der Waals surface area contributed by atoms with Crippen molar-refractivity contribution in [1.82, 2.24) is 0 Å². The lowest BCUT2D eigenvalue weighted by Crippen LogP contribution is -1.86. The highest BCUT2D eigenvalue weighted by atomic mass is 16.5. The summed E-state index contributed by atoms with van der Waals surface area (Å²) in [6, 6.07) is 16.5. The fourth-order valence-corrected chi connectivity index (χ4v) is 1.21. The molecule has 0 radical (unpaired) electrons. The van der Waals surface area contributed by atoms with Crippen LogP contribution in [0.15, 0.2) is 64.8 Å². The standard InChI is InChI=1S/C12H11N3O/c16-15-12-8-6-11(7-9-12)14-13-10-4-2-1-3-5-10/h1-9,15-16H/b14-13+. The number of azo groups is 1. The molecule has 0 saturated carbocycles. The summed E-state index contributed by atoms with van der Waals surface area (Å²) >= 11 is 0. The number of hydrogen-bond acceptors (Lipinski definition) is 4. The molecule has 0 unspecified atom stereocenters. The van der Waals surface area contributed by atoms with Gasteiger partial charge in [-0.2, -0.15) is 10.2 Å². The maximum atomic E-state index is 8.63. The lowest BCUT2D eigenvalue weighted by atomic mass is 10.3. The van der Waals surface area contributed by atoms with Crippen molar-refractivity contribution in [3.05, 3.63) is 54.6 Å². The van der Waals surface area contributed by atoms with E-state index in [9.17, 15) is 0 Å². The molecule has 2 aromatic rings. The van der Waals surface area contributed by atoms with E-state index in [1.807, 2.05) is 30.3 Å². The Morgan fingerprint density at radius 2 is 1.31 bits per heavy atom. The van der Waals surface area contributed by atoms with Crippen LogP contribution in [0.5, 0.6) is 0 Å². The van der Waals surface area contributed by atoms with Gasteiger partial charge in [-0.1, -0.05) is 18.2 Å². The Bertz CT molecular complexity index is 465. The lowest BCUT2D eigenvalue weighted by molar-refractivity contribution is 0.389. The number of nitrogens with one attached hydrogen (secondary N) is 1. The molecule has 16 heavy (non-hydrogen) atoms. The van der Waals surface area contributed by atoms with E-state index in [1.54, 1.807) is 24.3 Å². The van der Waals surface area contributed by atoms with Crippen LogP contribution >= 0.6 is 0 Å². The first kappa shape index (κ1) is 10.3. The van der Waals surface area contributed by atoms with Gasteiger partial charge in [-0.3, -0.25) is 10.7 Å². The van der Waals surface area contributed by atoms with E-state index in [1.165, 1.54) is 0 Å². The number of nitrogens with zero attached hydrogens (tertiary/aromatic N) is 2. The van der Waals surface area contributed by atoms with Crippen LogP contribution in [0.2, 0.25) is 0 Å². The largest absolute Gasteiger partial charge is 0.291 e. The van der Waals surface area contributed by atoms with Gasteiger partial charge < -0.3 is 0 Å². The monoisotopic (exact) mass is 213 g/mol. The normalized spacial score (nSPS) is 10.6. The summed E-state index contributed by atoms with van der Waals surface area (Å²) in [5, 5.41) is 16.8. The van der Waals surface area contributed by atoms with Crippen LogP contribution in [-0.4, -0.2) is 5.21 Å². The first-order valence-corrected chi connectivity index (χ1v) is 4.85. The summed E-state index contributed by atoms with van der Waals surface area (Å²) in [5.41, 5.74) is 4.23. The van der Waals surface area contributed by atoms with Gasteiger partial charge >= 0.3 is 0 Å². The van der Waals surface area contributed by atoms with E-state index in [2.05, 4.69) is 15.7 Å². The van der Waals surface area contributed by atoms with Crippen molar-refractivity contribution in [3.63, 3.8) is 0 Å². The summed E-state index contributed by atoms with van der Waals surface area (Å²) in [4.78, 5) is 0. The third-order valence-electron chi connectivity index (χ3n) is 2.03. The van der Waals surface area contributed by atoms with E-state index < -0.39 is 0 Å². The summed E-state index contributed by atoms with van der Waals surface area (Å²) in [5.74, 6) is 0. The van der Waals surface area contributed by atoms with Gasteiger partial charge in [0.15, 0.2) is 0 Å². The van der Waals surface area contributed by atoms with Crippen LogP contribution in [0.4, 0.5) is 17.1 Å². The molecule has 0 aliphatic rings. The average Bonchev–Trinajstić information content (AvgIpc) is 2.38. The summed E-state index contributed by atoms with van der Waals surface area (Å²) in [6.45, 7) is 0. The van der Waals surface area contributed by atoms with Crippen molar-refractivity contribution in [2.45, 2.75) is 0 Å². The molecule has 0 bridgehead atoms. The highest BCUT2D eigenvalue weighted by Gasteiger charge is 1.91. The van der Waals surface area contributed by atoms with E-state index in [4.69, 9.17) is 5.21 Å². The van der Waals surface area contributed by atoms with E-state index in [0.717, 1.165) is 11.4 Å². The van der Waals surface area contributed by atoms with Crippen LogP contribution in [0, 0.1) is 0 Å². The first-order chi connectivity index (χ1) is 7.88. The Kier molecular flexibility index (Phi) is 3.25. The van der Waals surface area contributed by atoms with Crippen LogP contribution in [0.25, 0.3) is 0 Å². The predicted octanol–water partition coefficient (Wildman–Crippen LogP) is 3.90. The van der Waals surface area contributed by atoms with Crippen molar-refractivity contribution >= 4 is 17.1 Å². The van der Waals surface area contributed by atoms with Crippen LogP contribution in [0.1, 0.15) is 0 Å². The molecule has 0 fully saturated rings. The van der Waals surface area contributed by atoms with Gasteiger partial charge in [-0.05, 0) is 36.4 Å². The molecule has 0 saturated heterocycles. The molecular formula is C12H11N3O. The Hall–Kier alpha value is -2.20. The molecule has 0 spiro atoms. The third-order valence-corrected chi connectivity index (χ3v) is 2.03. The fraction of sp³-hybridized carbons (Fsp3) is 0. The van der Waals surface area contributed by atoms with Crippen LogP contribution in [0.3, 0.4) is 0 Å². The van der Waals surface area contributed by atoms with Gasteiger partial charge in [-0.25, -0.2) is 0 Å². The Morgan fingerprint density at radius 3 is 1.88 bits per heavy atom. The van der Waals surface area contributed by atoms with Crippen molar-refractivity contribution in [2.75, 3.05) is 5.48 Å². The first-order valence-electron chi connectivity index (χ1n) is 4.85.